The Morgan fingerprint density at radius 3 is 1.97 bits per heavy atom. The van der Waals surface area contributed by atoms with E-state index >= 15 is 0 Å². The Morgan fingerprint density at radius 1 is 0.970 bits per heavy atom. The van der Waals surface area contributed by atoms with E-state index in [-0.39, 0.29) is 23.8 Å². The predicted molar refractivity (Wildman–Crippen MR) is 124 cm³/mol. The maximum absolute atomic E-state index is 12.9. The standard InChI is InChI=1S/C21H32N4O7S/c1-3-11(2)17(22)20(30)23-14(8-12-4-6-13(27)7-5-12)18(28)24-15(9-26)19(29)25-16(10-33)21(31)32/h4-7,11,14-17,26-27,33H,3,8-10,22H2,1-2H3,(H,23,30)(H,24,28)(H,25,29)(H,31,32). The second kappa shape index (κ2) is 13.7. The molecule has 1 aromatic rings. The topological polar surface area (TPSA) is 191 Å². The lowest BCUT2D eigenvalue weighted by Crippen LogP contribution is -2.59. The summed E-state index contributed by atoms with van der Waals surface area (Å²) in [6.45, 7) is 2.87. The number of thiol groups is 1. The number of carboxylic acids is 1. The van der Waals surface area contributed by atoms with E-state index < -0.39 is 54.5 Å². The molecule has 5 unspecified atom stereocenters. The van der Waals surface area contributed by atoms with Gasteiger partial charge in [0.1, 0.15) is 23.9 Å². The van der Waals surface area contributed by atoms with Gasteiger partial charge in [-0.05, 0) is 23.6 Å². The fraction of sp³-hybridized carbons (Fsp3) is 0.524. The quantitative estimate of drug-likeness (QED) is 0.160. The van der Waals surface area contributed by atoms with Gasteiger partial charge in [0, 0.05) is 12.2 Å². The zero-order valence-corrected chi connectivity index (χ0v) is 19.4. The van der Waals surface area contributed by atoms with Gasteiger partial charge in [-0.3, -0.25) is 14.4 Å². The van der Waals surface area contributed by atoms with Crippen LogP contribution in [0.25, 0.3) is 0 Å². The minimum Gasteiger partial charge on any atom is -0.508 e. The number of rotatable bonds is 13. The van der Waals surface area contributed by atoms with E-state index in [2.05, 4.69) is 28.6 Å². The third kappa shape index (κ3) is 8.91. The molecule has 12 heteroatoms. The molecule has 0 saturated carbocycles. The number of aliphatic hydroxyl groups excluding tert-OH is 1. The zero-order valence-electron chi connectivity index (χ0n) is 18.5. The Hall–Kier alpha value is -2.83. The fourth-order valence-electron chi connectivity index (χ4n) is 2.78. The van der Waals surface area contributed by atoms with Crippen LogP contribution < -0.4 is 21.7 Å². The van der Waals surface area contributed by atoms with E-state index in [1.807, 2.05) is 6.92 Å². The first kappa shape index (κ1) is 28.2. The van der Waals surface area contributed by atoms with Crippen molar-refractivity contribution >= 4 is 36.3 Å². The van der Waals surface area contributed by atoms with Crippen molar-refractivity contribution in [1.82, 2.24) is 16.0 Å². The zero-order chi connectivity index (χ0) is 25.1. The van der Waals surface area contributed by atoms with Crippen molar-refractivity contribution < 1.29 is 34.5 Å². The first-order chi connectivity index (χ1) is 15.5. The molecule has 184 valence electrons. The lowest BCUT2D eigenvalue weighted by Gasteiger charge is -2.25. The molecule has 1 rings (SSSR count). The molecule has 11 nitrogen and oxygen atoms in total. The van der Waals surface area contributed by atoms with Gasteiger partial charge < -0.3 is 37.0 Å². The van der Waals surface area contributed by atoms with E-state index in [1.54, 1.807) is 19.1 Å². The number of amides is 3. The minimum absolute atomic E-state index is 0.0131. The van der Waals surface area contributed by atoms with Gasteiger partial charge in [-0.2, -0.15) is 12.6 Å². The molecule has 5 atom stereocenters. The molecule has 0 bridgehead atoms. The van der Waals surface area contributed by atoms with E-state index in [0.717, 1.165) is 0 Å². The molecule has 0 saturated heterocycles. The van der Waals surface area contributed by atoms with Crippen LogP contribution in [0, 0.1) is 5.92 Å². The third-order valence-electron chi connectivity index (χ3n) is 5.18. The summed E-state index contributed by atoms with van der Waals surface area (Å²) < 4.78 is 0. The number of aromatic hydroxyl groups is 1. The molecular weight excluding hydrogens is 452 g/mol. The van der Waals surface area contributed by atoms with Crippen molar-refractivity contribution in [3.63, 3.8) is 0 Å². The van der Waals surface area contributed by atoms with Crippen LogP contribution in [-0.2, 0) is 25.6 Å². The van der Waals surface area contributed by atoms with Crippen LogP contribution in [-0.4, -0.2) is 75.5 Å². The molecule has 3 amide bonds. The van der Waals surface area contributed by atoms with Gasteiger partial charge in [0.2, 0.25) is 17.7 Å². The van der Waals surface area contributed by atoms with Crippen molar-refractivity contribution in [2.45, 2.75) is 50.9 Å². The summed E-state index contributed by atoms with van der Waals surface area (Å²) in [5.41, 5.74) is 6.57. The first-order valence-corrected chi connectivity index (χ1v) is 11.1. The molecular formula is C21H32N4O7S. The van der Waals surface area contributed by atoms with Crippen molar-refractivity contribution in [3.05, 3.63) is 29.8 Å². The molecule has 33 heavy (non-hydrogen) atoms. The highest BCUT2D eigenvalue weighted by molar-refractivity contribution is 7.80. The normalized spacial score (nSPS) is 15.4. The Balaban J connectivity index is 3.02. The van der Waals surface area contributed by atoms with Crippen LogP contribution in [0.1, 0.15) is 25.8 Å². The van der Waals surface area contributed by atoms with Crippen molar-refractivity contribution in [2.24, 2.45) is 11.7 Å². The van der Waals surface area contributed by atoms with Crippen LogP contribution in [0.15, 0.2) is 24.3 Å². The Morgan fingerprint density at radius 2 is 1.48 bits per heavy atom. The summed E-state index contributed by atoms with van der Waals surface area (Å²) in [4.78, 5) is 49.0. The van der Waals surface area contributed by atoms with Crippen LogP contribution in [0.2, 0.25) is 0 Å². The second-order valence-corrected chi connectivity index (χ2v) is 8.03. The maximum Gasteiger partial charge on any atom is 0.327 e. The van der Waals surface area contributed by atoms with Crippen LogP contribution in [0.3, 0.4) is 0 Å². The van der Waals surface area contributed by atoms with Crippen LogP contribution >= 0.6 is 12.6 Å². The number of phenols is 1. The number of carboxylic acid groups (broad SMARTS) is 1. The molecule has 0 aliphatic heterocycles. The summed E-state index contributed by atoms with van der Waals surface area (Å²) in [5.74, 6) is -3.89. The van der Waals surface area contributed by atoms with E-state index in [9.17, 15) is 29.4 Å². The SMILES string of the molecule is CCC(C)C(N)C(=O)NC(Cc1ccc(O)cc1)C(=O)NC(CO)C(=O)NC(CS)C(=O)O. The van der Waals surface area contributed by atoms with Gasteiger partial charge in [-0.1, -0.05) is 32.4 Å². The lowest BCUT2D eigenvalue weighted by molar-refractivity contribution is -0.142. The number of carbonyl (C=O) groups excluding carboxylic acids is 3. The molecule has 0 radical (unpaired) electrons. The smallest absolute Gasteiger partial charge is 0.327 e. The number of carbonyl (C=O) groups is 4. The van der Waals surface area contributed by atoms with Crippen molar-refractivity contribution in [2.75, 3.05) is 12.4 Å². The molecule has 0 heterocycles. The lowest BCUT2D eigenvalue weighted by atomic mass is 9.98. The number of benzene rings is 1. The van der Waals surface area contributed by atoms with Gasteiger partial charge >= 0.3 is 5.97 Å². The summed E-state index contributed by atoms with van der Waals surface area (Å²) in [5, 5.41) is 35.2. The summed E-state index contributed by atoms with van der Waals surface area (Å²) in [7, 11) is 0. The fourth-order valence-corrected chi connectivity index (χ4v) is 3.03. The van der Waals surface area contributed by atoms with Gasteiger partial charge in [0.05, 0.1) is 12.6 Å². The van der Waals surface area contributed by atoms with Gasteiger partial charge in [-0.25, -0.2) is 4.79 Å². The number of nitrogens with one attached hydrogen (secondary N) is 3. The van der Waals surface area contributed by atoms with E-state index in [0.29, 0.717) is 12.0 Å². The Labute approximate surface area is 197 Å². The largest absolute Gasteiger partial charge is 0.508 e. The maximum atomic E-state index is 12.9. The number of aliphatic hydroxyl groups is 1. The summed E-state index contributed by atoms with van der Waals surface area (Å²) >= 11 is 3.85. The molecule has 8 N–H and O–H groups in total. The van der Waals surface area contributed by atoms with Crippen molar-refractivity contribution in [1.29, 1.82) is 0 Å². The number of aliphatic carboxylic acids is 1. The summed E-state index contributed by atoms with van der Waals surface area (Å²) in [6, 6.07) is 1.19. The first-order valence-electron chi connectivity index (χ1n) is 10.4. The summed E-state index contributed by atoms with van der Waals surface area (Å²) in [6.07, 6.45) is 0.658. The molecule has 0 aliphatic carbocycles. The second-order valence-electron chi connectivity index (χ2n) is 7.67. The molecule has 0 aliphatic rings. The number of nitrogens with two attached hydrogens (primary N) is 1. The molecule has 0 fully saturated rings. The molecule has 0 aromatic heterocycles. The van der Waals surface area contributed by atoms with E-state index in [4.69, 9.17) is 10.8 Å². The van der Waals surface area contributed by atoms with Crippen molar-refractivity contribution in [3.8, 4) is 5.75 Å². The number of hydrogen-bond acceptors (Lipinski definition) is 8. The van der Waals surface area contributed by atoms with E-state index in [1.165, 1.54) is 12.1 Å². The number of phenolic OH excluding ortho intramolecular Hbond substituents is 1. The average molecular weight is 485 g/mol. The molecule has 1 aromatic carbocycles. The highest BCUT2D eigenvalue weighted by Gasteiger charge is 2.30. The van der Waals surface area contributed by atoms with Gasteiger partial charge in [0.25, 0.3) is 0 Å². The number of hydrogen-bond donors (Lipinski definition) is 8. The van der Waals surface area contributed by atoms with Gasteiger partial charge in [0.15, 0.2) is 0 Å². The highest BCUT2D eigenvalue weighted by Crippen LogP contribution is 2.12. The molecule has 0 spiro atoms. The highest BCUT2D eigenvalue weighted by atomic mass is 32.1. The average Bonchev–Trinajstić information content (AvgIpc) is 2.79. The monoisotopic (exact) mass is 484 g/mol. The third-order valence-corrected chi connectivity index (χ3v) is 5.55. The Kier molecular flexibility index (Phi) is 11.7. The Bertz CT molecular complexity index is 821. The van der Waals surface area contributed by atoms with Crippen LogP contribution in [0.5, 0.6) is 5.75 Å². The predicted octanol–water partition coefficient (Wildman–Crippen LogP) is -1.23. The minimum atomic E-state index is -1.46. The van der Waals surface area contributed by atoms with Crippen LogP contribution in [0.4, 0.5) is 0 Å². The van der Waals surface area contributed by atoms with Gasteiger partial charge in [-0.15, -0.1) is 0 Å².